The van der Waals surface area contributed by atoms with Gasteiger partial charge in [0.1, 0.15) is 6.54 Å². The van der Waals surface area contributed by atoms with Crippen LogP contribution in [-0.4, -0.2) is 41.9 Å². The first-order valence-corrected chi connectivity index (χ1v) is 10.7. The van der Waals surface area contributed by atoms with Gasteiger partial charge in [-0.25, -0.2) is 4.79 Å². The highest BCUT2D eigenvalue weighted by atomic mass is 79.9. The minimum absolute atomic E-state index is 0.133. The Morgan fingerprint density at radius 2 is 1.86 bits per heavy atom. The number of nitrogens with zero attached hydrogens (tertiary/aromatic N) is 2. The van der Waals surface area contributed by atoms with Crippen molar-refractivity contribution < 1.29 is 9.59 Å². The molecule has 0 spiro atoms. The van der Waals surface area contributed by atoms with E-state index in [4.69, 9.17) is 5.73 Å². The zero-order valence-electron chi connectivity index (χ0n) is 16.5. The van der Waals surface area contributed by atoms with Crippen LogP contribution in [0.5, 0.6) is 0 Å². The summed E-state index contributed by atoms with van der Waals surface area (Å²) in [6.07, 6.45) is 3.91. The molecule has 29 heavy (non-hydrogen) atoms. The lowest BCUT2D eigenvalue weighted by molar-refractivity contribution is -0.124. The molecule has 7 heteroatoms. The smallest absolute Gasteiger partial charge is 0.327 e. The molecule has 1 saturated carbocycles. The normalized spacial score (nSPS) is 16.6. The van der Waals surface area contributed by atoms with Gasteiger partial charge in [0.25, 0.3) is 0 Å². The highest BCUT2D eigenvalue weighted by Gasteiger charge is 2.32. The molecule has 0 bridgehead atoms. The number of anilines is 2. The van der Waals surface area contributed by atoms with Gasteiger partial charge >= 0.3 is 6.03 Å². The highest BCUT2D eigenvalue weighted by molar-refractivity contribution is 9.10. The lowest BCUT2D eigenvalue weighted by Gasteiger charge is -2.16. The van der Waals surface area contributed by atoms with Gasteiger partial charge in [-0.2, -0.15) is 0 Å². The molecule has 0 atom stereocenters. The number of likely N-dealkylation sites (N-methyl/N-ethyl adjacent to an activating group) is 1. The van der Waals surface area contributed by atoms with Crippen molar-refractivity contribution in [3.8, 4) is 11.1 Å². The third kappa shape index (κ3) is 4.24. The molecular formula is C22H25BrN4O2. The van der Waals surface area contributed by atoms with E-state index in [1.165, 1.54) is 26.3 Å². The van der Waals surface area contributed by atoms with Gasteiger partial charge in [-0.05, 0) is 51.0 Å². The Morgan fingerprint density at radius 3 is 2.48 bits per heavy atom. The molecule has 0 unspecified atom stereocenters. The Hall–Kier alpha value is -2.54. The van der Waals surface area contributed by atoms with Crippen molar-refractivity contribution in [2.45, 2.75) is 25.8 Å². The summed E-state index contributed by atoms with van der Waals surface area (Å²) in [6, 6.07) is 11.8. The predicted octanol–water partition coefficient (Wildman–Crippen LogP) is 4.30. The topological polar surface area (TPSA) is 78.7 Å². The molecule has 0 radical (unpaired) electrons. The number of nitrogens with two attached hydrogens (primary N) is 1. The molecule has 0 aromatic heterocycles. The first kappa shape index (κ1) is 19.8. The maximum atomic E-state index is 12.0. The second-order valence-electron chi connectivity index (χ2n) is 7.84. The van der Waals surface area contributed by atoms with Crippen LogP contribution in [0.4, 0.5) is 16.2 Å². The average Bonchev–Trinajstić information content (AvgIpc) is 3.51. The summed E-state index contributed by atoms with van der Waals surface area (Å²) in [5.41, 5.74) is 11.1. The number of nitrogens with one attached hydrogen (secondary N) is 1. The predicted molar refractivity (Wildman–Crippen MR) is 118 cm³/mol. The summed E-state index contributed by atoms with van der Waals surface area (Å²) in [5.74, 6) is 0.719. The van der Waals surface area contributed by atoms with E-state index in [0.29, 0.717) is 12.2 Å². The Balaban J connectivity index is 1.45. The molecule has 1 aliphatic heterocycles. The number of halogens is 1. The molecule has 2 aliphatic rings. The van der Waals surface area contributed by atoms with Crippen LogP contribution in [-0.2, 0) is 11.3 Å². The van der Waals surface area contributed by atoms with Gasteiger partial charge in [0, 0.05) is 20.1 Å². The molecule has 3 N–H and O–H groups in total. The number of imide groups is 1. The van der Waals surface area contributed by atoms with Crippen molar-refractivity contribution in [3.63, 3.8) is 0 Å². The third-order valence-electron chi connectivity index (χ3n) is 5.64. The number of carbonyl (C=O) groups is 2. The van der Waals surface area contributed by atoms with Crippen LogP contribution in [0.25, 0.3) is 11.1 Å². The summed E-state index contributed by atoms with van der Waals surface area (Å²) < 4.78 is 0.878. The van der Waals surface area contributed by atoms with E-state index in [-0.39, 0.29) is 18.5 Å². The summed E-state index contributed by atoms with van der Waals surface area (Å²) in [5, 5.41) is 3.44. The molecule has 6 nitrogen and oxygen atoms in total. The van der Waals surface area contributed by atoms with Crippen LogP contribution in [0.1, 0.15) is 24.8 Å². The van der Waals surface area contributed by atoms with Crippen LogP contribution in [0.3, 0.4) is 0 Å². The van der Waals surface area contributed by atoms with Gasteiger partial charge in [0.2, 0.25) is 5.91 Å². The van der Waals surface area contributed by atoms with Gasteiger partial charge in [-0.15, -0.1) is 0 Å². The van der Waals surface area contributed by atoms with Crippen molar-refractivity contribution in [3.05, 3.63) is 46.4 Å². The lowest BCUT2D eigenvalue weighted by Crippen LogP contribution is -2.29. The summed E-state index contributed by atoms with van der Waals surface area (Å²) >= 11 is 3.65. The number of rotatable bonds is 7. The van der Waals surface area contributed by atoms with Crippen molar-refractivity contribution in [2.75, 3.05) is 31.2 Å². The minimum atomic E-state index is -0.251. The van der Waals surface area contributed by atoms with Crippen LogP contribution in [0.2, 0.25) is 0 Å². The van der Waals surface area contributed by atoms with E-state index < -0.39 is 0 Å². The SMILES string of the molecule is CN1C(=O)CN(Cc2ccc(-c3ccc(NCCC4CC4)c(N)c3Br)cc2)C1=O. The monoisotopic (exact) mass is 456 g/mol. The Labute approximate surface area is 179 Å². The average molecular weight is 457 g/mol. The maximum Gasteiger partial charge on any atom is 0.327 e. The zero-order chi connectivity index (χ0) is 20.5. The van der Waals surface area contributed by atoms with Crippen LogP contribution in [0.15, 0.2) is 40.9 Å². The van der Waals surface area contributed by atoms with Crippen LogP contribution in [0, 0.1) is 5.92 Å². The quantitative estimate of drug-likeness (QED) is 0.480. The number of nitrogen functional groups attached to an aromatic ring is 1. The van der Waals surface area contributed by atoms with Crippen molar-refractivity contribution >= 4 is 39.2 Å². The Bertz CT molecular complexity index is 941. The zero-order valence-corrected chi connectivity index (χ0v) is 18.0. The van der Waals surface area contributed by atoms with Gasteiger partial charge in [-0.1, -0.05) is 43.2 Å². The largest absolute Gasteiger partial charge is 0.396 e. The highest BCUT2D eigenvalue weighted by Crippen LogP contribution is 2.38. The fourth-order valence-electron chi connectivity index (χ4n) is 3.58. The standard InChI is InChI=1S/C22H25BrN4O2/c1-26-19(28)13-27(22(26)29)12-15-4-6-16(7-5-15)17-8-9-18(21(24)20(17)23)25-11-10-14-2-3-14/h4-9,14,25H,2-3,10-13,24H2,1H3. The summed E-state index contributed by atoms with van der Waals surface area (Å²) in [7, 11) is 1.51. The van der Waals surface area contributed by atoms with Gasteiger partial charge in [0.05, 0.1) is 15.8 Å². The Morgan fingerprint density at radius 1 is 1.14 bits per heavy atom. The minimum Gasteiger partial charge on any atom is -0.396 e. The fourth-order valence-corrected chi connectivity index (χ4v) is 4.15. The summed E-state index contributed by atoms with van der Waals surface area (Å²) in [6.45, 7) is 1.50. The van der Waals surface area contributed by atoms with E-state index in [1.54, 1.807) is 4.90 Å². The molecule has 1 saturated heterocycles. The van der Waals surface area contributed by atoms with E-state index in [1.807, 2.05) is 30.3 Å². The van der Waals surface area contributed by atoms with Crippen molar-refractivity contribution in [1.29, 1.82) is 0 Å². The molecule has 2 aromatic rings. The number of amides is 3. The summed E-state index contributed by atoms with van der Waals surface area (Å²) in [4.78, 5) is 26.4. The molecule has 4 rings (SSSR count). The molecule has 2 fully saturated rings. The fraction of sp³-hybridized carbons (Fsp3) is 0.364. The number of urea groups is 1. The first-order chi connectivity index (χ1) is 13.9. The van der Waals surface area contributed by atoms with Crippen molar-refractivity contribution in [1.82, 2.24) is 9.80 Å². The van der Waals surface area contributed by atoms with E-state index >= 15 is 0 Å². The van der Waals surface area contributed by atoms with E-state index in [2.05, 4.69) is 27.3 Å². The number of hydrogen-bond donors (Lipinski definition) is 2. The Kier molecular flexibility index (Phi) is 5.50. The van der Waals surface area contributed by atoms with Crippen LogP contribution >= 0.6 is 15.9 Å². The second kappa shape index (κ2) is 8.06. The van der Waals surface area contributed by atoms with E-state index in [9.17, 15) is 9.59 Å². The van der Waals surface area contributed by atoms with Crippen molar-refractivity contribution in [2.24, 2.45) is 5.92 Å². The van der Waals surface area contributed by atoms with Crippen LogP contribution < -0.4 is 11.1 Å². The molecule has 1 aliphatic carbocycles. The maximum absolute atomic E-state index is 12.0. The molecular weight excluding hydrogens is 432 g/mol. The first-order valence-electron chi connectivity index (χ1n) is 9.90. The van der Waals surface area contributed by atoms with Gasteiger partial charge in [0.15, 0.2) is 0 Å². The number of hydrogen-bond acceptors (Lipinski definition) is 4. The van der Waals surface area contributed by atoms with Gasteiger partial charge in [-0.3, -0.25) is 9.69 Å². The second-order valence-corrected chi connectivity index (χ2v) is 8.63. The molecule has 152 valence electrons. The molecule has 2 aromatic carbocycles. The van der Waals surface area contributed by atoms with E-state index in [0.717, 1.165) is 44.2 Å². The third-order valence-corrected chi connectivity index (χ3v) is 6.50. The van der Waals surface area contributed by atoms with Gasteiger partial charge < -0.3 is 16.0 Å². The molecule has 3 amide bonds. The number of carbonyl (C=O) groups excluding carboxylic acids is 2. The number of benzene rings is 2. The lowest BCUT2D eigenvalue weighted by atomic mass is 10.0. The molecule has 1 heterocycles.